The van der Waals surface area contributed by atoms with Gasteiger partial charge in [0.2, 0.25) is 0 Å². The second kappa shape index (κ2) is 7.14. The molecule has 0 bridgehead atoms. The first kappa shape index (κ1) is 12.9. The first-order chi connectivity index (χ1) is 7.72. The molecule has 0 saturated carbocycles. The fraction of sp³-hybridized carbons (Fsp3) is 0.455. The smallest absolute Gasteiger partial charge is 0.387 e. The van der Waals surface area contributed by atoms with E-state index in [1.807, 2.05) is 0 Å². The molecule has 1 aromatic rings. The fourth-order valence-corrected chi connectivity index (χ4v) is 1.20. The van der Waals surface area contributed by atoms with Crippen molar-refractivity contribution in [2.75, 3.05) is 20.3 Å². The van der Waals surface area contributed by atoms with E-state index in [0.29, 0.717) is 13.2 Å². The first-order valence-corrected chi connectivity index (χ1v) is 4.96. The Bertz CT molecular complexity index is 291. The van der Waals surface area contributed by atoms with E-state index in [-0.39, 0.29) is 5.75 Å². The van der Waals surface area contributed by atoms with Crippen LogP contribution in [0.15, 0.2) is 24.3 Å². The molecule has 16 heavy (non-hydrogen) atoms. The molecule has 0 saturated heterocycles. The van der Waals surface area contributed by atoms with Gasteiger partial charge in [0.25, 0.3) is 0 Å². The Balaban J connectivity index is 2.33. The maximum Gasteiger partial charge on any atom is 0.387 e. The van der Waals surface area contributed by atoms with Gasteiger partial charge in [0.05, 0.1) is 6.61 Å². The molecular formula is C11H15F2NO2. The normalized spacial score (nSPS) is 10.8. The SMILES string of the molecule is COCCNCc1ccc(OC(F)F)cc1. The summed E-state index contributed by atoms with van der Waals surface area (Å²) < 4.78 is 32.8. The lowest BCUT2D eigenvalue weighted by Gasteiger charge is -2.06. The molecule has 3 nitrogen and oxygen atoms in total. The maximum atomic E-state index is 11.9. The van der Waals surface area contributed by atoms with Crippen LogP contribution in [-0.2, 0) is 11.3 Å². The number of nitrogens with one attached hydrogen (secondary N) is 1. The molecule has 0 unspecified atom stereocenters. The summed E-state index contributed by atoms with van der Waals surface area (Å²) in [6.45, 7) is -0.692. The third kappa shape index (κ3) is 5.04. The Hall–Kier alpha value is -1.20. The van der Waals surface area contributed by atoms with Gasteiger partial charge in [-0.15, -0.1) is 0 Å². The van der Waals surface area contributed by atoms with Crippen LogP contribution in [0.1, 0.15) is 5.56 Å². The van der Waals surface area contributed by atoms with Crippen LogP contribution in [0.25, 0.3) is 0 Å². The Kier molecular flexibility index (Phi) is 5.74. The molecule has 90 valence electrons. The number of benzene rings is 1. The highest BCUT2D eigenvalue weighted by Gasteiger charge is 2.03. The van der Waals surface area contributed by atoms with E-state index in [9.17, 15) is 8.78 Å². The molecule has 0 amide bonds. The second-order valence-corrected chi connectivity index (χ2v) is 3.19. The van der Waals surface area contributed by atoms with E-state index in [2.05, 4.69) is 10.1 Å². The van der Waals surface area contributed by atoms with Crippen molar-refractivity contribution in [2.24, 2.45) is 0 Å². The summed E-state index contributed by atoms with van der Waals surface area (Å²) in [5.74, 6) is 0.177. The third-order valence-corrected chi connectivity index (χ3v) is 1.96. The topological polar surface area (TPSA) is 30.5 Å². The van der Waals surface area contributed by atoms with Gasteiger partial charge in [-0.1, -0.05) is 12.1 Å². The minimum Gasteiger partial charge on any atom is -0.435 e. The van der Waals surface area contributed by atoms with Gasteiger partial charge in [-0.05, 0) is 17.7 Å². The van der Waals surface area contributed by atoms with Crippen molar-refractivity contribution in [1.29, 1.82) is 0 Å². The number of alkyl halides is 2. The zero-order chi connectivity index (χ0) is 11.8. The minimum absolute atomic E-state index is 0.177. The number of halogens is 2. The van der Waals surface area contributed by atoms with Gasteiger partial charge in [0, 0.05) is 20.2 Å². The fourth-order valence-electron chi connectivity index (χ4n) is 1.20. The molecule has 1 N–H and O–H groups in total. The predicted molar refractivity (Wildman–Crippen MR) is 56.7 cm³/mol. The number of hydrogen-bond acceptors (Lipinski definition) is 3. The van der Waals surface area contributed by atoms with Gasteiger partial charge < -0.3 is 14.8 Å². The highest BCUT2D eigenvalue weighted by Crippen LogP contribution is 2.14. The van der Waals surface area contributed by atoms with Crippen LogP contribution in [0.5, 0.6) is 5.75 Å². The van der Waals surface area contributed by atoms with E-state index in [4.69, 9.17) is 4.74 Å². The van der Waals surface area contributed by atoms with Gasteiger partial charge in [0.1, 0.15) is 5.75 Å². The van der Waals surface area contributed by atoms with Crippen LogP contribution in [0.2, 0.25) is 0 Å². The highest BCUT2D eigenvalue weighted by atomic mass is 19.3. The predicted octanol–water partition coefficient (Wildman–Crippen LogP) is 2.02. The zero-order valence-electron chi connectivity index (χ0n) is 9.08. The van der Waals surface area contributed by atoms with Crippen LogP contribution in [0.3, 0.4) is 0 Å². The van der Waals surface area contributed by atoms with Gasteiger partial charge in [-0.3, -0.25) is 0 Å². The summed E-state index contributed by atoms with van der Waals surface area (Å²) in [6, 6.07) is 6.55. The van der Waals surface area contributed by atoms with Gasteiger partial charge >= 0.3 is 6.61 Å². The standard InChI is InChI=1S/C11H15F2NO2/c1-15-7-6-14-8-9-2-4-10(5-3-9)16-11(12)13/h2-5,11,14H,6-8H2,1H3. The van der Waals surface area contributed by atoms with Crippen LogP contribution in [0.4, 0.5) is 8.78 Å². The maximum absolute atomic E-state index is 11.9. The van der Waals surface area contributed by atoms with Crippen LogP contribution >= 0.6 is 0 Å². The molecular weight excluding hydrogens is 216 g/mol. The molecule has 0 aliphatic heterocycles. The molecule has 0 heterocycles. The van der Waals surface area contributed by atoms with Crippen molar-refractivity contribution >= 4 is 0 Å². The lowest BCUT2D eigenvalue weighted by Crippen LogP contribution is -2.18. The van der Waals surface area contributed by atoms with Crippen LogP contribution in [-0.4, -0.2) is 26.9 Å². The summed E-state index contributed by atoms with van der Waals surface area (Å²) in [5.41, 5.74) is 1.01. The Labute approximate surface area is 93.4 Å². The van der Waals surface area contributed by atoms with E-state index < -0.39 is 6.61 Å². The highest BCUT2D eigenvalue weighted by molar-refractivity contribution is 5.27. The zero-order valence-corrected chi connectivity index (χ0v) is 9.08. The molecule has 0 aliphatic rings. The Morgan fingerprint density at radius 2 is 1.94 bits per heavy atom. The molecule has 1 rings (SSSR count). The molecule has 1 aromatic carbocycles. The molecule has 0 spiro atoms. The molecule has 0 atom stereocenters. The number of methoxy groups -OCH3 is 1. The summed E-state index contributed by atoms with van der Waals surface area (Å²) in [6.07, 6.45) is 0. The van der Waals surface area contributed by atoms with E-state index in [0.717, 1.165) is 12.1 Å². The van der Waals surface area contributed by atoms with E-state index in [1.165, 1.54) is 12.1 Å². The van der Waals surface area contributed by atoms with Gasteiger partial charge in [-0.25, -0.2) is 0 Å². The largest absolute Gasteiger partial charge is 0.435 e. The number of rotatable bonds is 7. The summed E-state index contributed by atoms with van der Waals surface area (Å²) in [7, 11) is 1.64. The summed E-state index contributed by atoms with van der Waals surface area (Å²) >= 11 is 0. The van der Waals surface area contributed by atoms with Crippen molar-refractivity contribution in [2.45, 2.75) is 13.2 Å². The van der Waals surface area contributed by atoms with Crippen molar-refractivity contribution < 1.29 is 18.3 Å². The lowest BCUT2D eigenvalue weighted by atomic mass is 10.2. The first-order valence-electron chi connectivity index (χ1n) is 4.96. The average molecular weight is 231 g/mol. The van der Waals surface area contributed by atoms with Gasteiger partial charge in [0.15, 0.2) is 0 Å². The van der Waals surface area contributed by atoms with Crippen molar-refractivity contribution in [3.05, 3.63) is 29.8 Å². The minimum atomic E-state index is -2.77. The number of ether oxygens (including phenoxy) is 2. The molecule has 0 aromatic heterocycles. The van der Waals surface area contributed by atoms with E-state index in [1.54, 1.807) is 19.2 Å². The number of hydrogen-bond donors (Lipinski definition) is 1. The molecule has 0 fully saturated rings. The molecule has 0 aliphatic carbocycles. The molecule has 0 radical (unpaired) electrons. The Morgan fingerprint density at radius 1 is 1.25 bits per heavy atom. The monoisotopic (exact) mass is 231 g/mol. The van der Waals surface area contributed by atoms with Crippen LogP contribution < -0.4 is 10.1 Å². The van der Waals surface area contributed by atoms with E-state index >= 15 is 0 Å². The lowest BCUT2D eigenvalue weighted by molar-refractivity contribution is -0.0498. The summed E-state index contributed by atoms with van der Waals surface area (Å²) in [5, 5.41) is 3.15. The average Bonchev–Trinajstić information content (AvgIpc) is 2.26. The second-order valence-electron chi connectivity index (χ2n) is 3.19. The third-order valence-electron chi connectivity index (χ3n) is 1.96. The molecule has 5 heteroatoms. The van der Waals surface area contributed by atoms with Crippen molar-refractivity contribution in [3.8, 4) is 5.75 Å². The summed E-state index contributed by atoms with van der Waals surface area (Å²) in [4.78, 5) is 0. The quantitative estimate of drug-likeness (QED) is 0.728. The van der Waals surface area contributed by atoms with Crippen molar-refractivity contribution in [1.82, 2.24) is 5.32 Å². The van der Waals surface area contributed by atoms with Gasteiger partial charge in [-0.2, -0.15) is 8.78 Å². The Morgan fingerprint density at radius 3 is 2.50 bits per heavy atom. The van der Waals surface area contributed by atoms with Crippen molar-refractivity contribution in [3.63, 3.8) is 0 Å². The van der Waals surface area contributed by atoms with Crippen LogP contribution in [0, 0.1) is 0 Å².